The number of hydrogen-bond donors (Lipinski definition) is 2. The van der Waals surface area contributed by atoms with E-state index in [0.717, 1.165) is 28.1 Å². The van der Waals surface area contributed by atoms with Gasteiger partial charge in [0.1, 0.15) is 11.6 Å². The standard InChI is InChI=1S/C18H17F4N3O5S/c1-30-14-7-5-13(6-8-14)25(31(2,28)29)10-12-4-3-11(9-15(12)19)16(26)23-24-17(27)18(20,21)22/h3-9H,10H2,1-2H3,(H,23,26)(H,24,27). The third-order valence-electron chi connectivity index (χ3n) is 3.94. The monoisotopic (exact) mass is 463 g/mol. The topological polar surface area (TPSA) is 105 Å². The summed E-state index contributed by atoms with van der Waals surface area (Å²) in [6.45, 7) is -0.413. The van der Waals surface area contributed by atoms with Gasteiger partial charge in [-0.25, -0.2) is 12.8 Å². The second-order valence-corrected chi connectivity index (χ2v) is 8.09. The Balaban J connectivity index is 2.20. The number of hydrogen-bond acceptors (Lipinski definition) is 5. The Hall–Kier alpha value is -3.35. The number of anilines is 1. The first-order valence-corrected chi connectivity index (χ1v) is 10.3. The molecule has 0 saturated heterocycles. The van der Waals surface area contributed by atoms with Crippen molar-refractivity contribution in [3.8, 4) is 5.75 Å². The van der Waals surface area contributed by atoms with Crippen molar-refractivity contribution in [2.75, 3.05) is 17.7 Å². The van der Waals surface area contributed by atoms with Crippen molar-refractivity contribution in [2.45, 2.75) is 12.7 Å². The third kappa shape index (κ3) is 6.31. The van der Waals surface area contributed by atoms with Crippen LogP contribution in [0.25, 0.3) is 0 Å². The van der Waals surface area contributed by atoms with E-state index in [1.54, 1.807) is 0 Å². The van der Waals surface area contributed by atoms with Gasteiger partial charge in [0.15, 0.2) is 0 Å². The summed E-state index contributed by atoms with van der Waals surface area (Å²) in [5, 5.41) is 0. The number of nitrogens with zero attached hydrogens (tertiary/aromatic N) is 1. The van der Waals surface area contributed by atoms with Crippen molar-refractivity contribution < 1.29 is 40.3 Å². The molecule has 0 atom stereocenters. The van der Waals surface area contributed by atoms with E-state index in [4.69, 9.17) is 4.74 Å². The number of methoxy groups -OCH3 is 1. The van der Waals surface area contributed by atoms with E-state index in [1.165, 1.54) is 36.8 Å². The Morgan fingerprint density at radius 3 is 2.16 bits per heavy atom. The molecule has 0 fully saturated rings. The van der Waals surface area contributed by atoms with Crippen molar-refractivity contribution in [1.29, 1.82) is 0 Å². The Morgan fingerprint density at radius 2 is 1.68 bits per heavy atom. The fourth-order valence-electron chi connectivity index (χ4n) is 2.38. The van der Waals surface area contributed by atoms with Crippen LogP contribution >= 0.6 is 0 Å². The Kier molecular flexibility index (Phi) is 7.10. The van der Waals surface area contributed by atoms with Crippen molar-refractivity contribution in [3.05, 3.63) is 59.4 Å². The maximum absolute atomic E-state index is 14.5. The first kappa shape index (κ1) is 23.9. The number of nitrogens with one attached hydrogen (secondary N) is 2. The van der Waals surface area contributed by atoms with Crippen LogP contribution in [-0.4, -0.2) is 39.8 Å². The van der Waals surface area contributed by atoms with Crippen LogP contribution in [0.5, 0.6) is 5.75 Å². The van der Waals surface area contributed by atoms with Crippen molar-refractivity contribution in [2.24, 2.45) is 0 Å². The van der Waals surface area contributed by atoms with E-state index >= 15 is 0 Å². The molecule has 0 saturated carbocycles. The molecule has 2 amide bonds. The van der Waals surface area contributed by atoms with E-state index in [0.29, 0.717) is 11.8 Å². The van der Waals surface area contributed by atoms with Crippen molar-refractivity contribution in [3.63, 3.8) is 0 Å². The number of halogens is 4. The average molecular weight is 463 g/mol. The number of sulfonamides is 1. The Morgan fingerprint density at radius 1 is 1.06 bits per heavy atom. The molecule has 2 rings (SSSR count). The lowest BCUT2D eigenvalue weighted by molar-refractivity contribution is -0.174. The lowest BCUT2D eigenvalue weighted by atomic mass is 10.1. The Bertz CT molecular complexity index is 1070. The van der Waals surface area contributed by atoms with E-state index in [9.17, 15) is 35.6 Å². The zero-order valence-corrected chi connectivity index (χ0v) is 17.0. The van der Waals surface area contributed by atoms with Gasteiger partial charge in [0.05, 0.1) is 25.6 Å². The minimum Gasteiger partial charge on any atom is -0.497 e. The number of amides is 2. The van der Waals surface area contributed by atoms with Gasteiger partial charge < -0.3 is 4.74 Å². The molecule has 0 aliphatic heterocycles. The van der Waals surface area contributed by atoms with Crippen LogP contribution in [0.2, 0.25) is 0 Å². The highest BCUT2D eigenvalue weighted by Gasteiger charge is 2.39. The number of benzene rings is 2. The fourth-order valence-corrected chi connectivity index (χ4v) is 3.25. The van der Waals surface area contributed by atoms with Gasteiger partial charge in [0.2, 0.25) is 10.0 Å². The molecule has 13 heteroatoms. The van der Waals surface area contributed by atoms with Crippen LogP contribution < -0.4 is 19.9 Å². The van der Waals surface area contributed by atoms with E-state index in [2.05, 4.69) is 0 Å². The number of rotatable bonds is 6. The van der Waals surface area contributed by atoms with Gasteiger partial charge in [0, 0.05) is 11.1 Å². The zero-order chi connectivity index (χ0) is 23.4. The molecule has 0 radical (unpaired) electrons. The highest BCUT2D eigenvalue weighted by molar-refractivity contribution is 7.92. The lowest BCUT2D eigenvalue weighted by Gasteiger charge is -2.23. The minimum atomic E-state index is -5.21. The number of ether oxygens (including phenoxy) is 1. The zero-order valence-electron chi connectivity index (χ0n) is 16.2. The van der Waals surface area contributed by atoms with Crippen LogP contribution in [0.4, 0.5) is 23.2 Å². The molecule has 0 unspecified atom stereocenters. The van der Waals surface area contributed by atoms with Gasteiger partial charge >= 0.3 is 12.1 Å². The molecule has 0 bridgehead atoms. The van der Waals surface area contributed by atoms with Gasteiger partial charge in [-0.3, -0.25) is 24.7 Å². The summed E-state index contributed by atoms with van der Waals surface area (Å²) in [4.78, 5) is 22.5. The second kappa shape index (κ2) is 9.20. The summed E-state index contributed by atoms with van der Waals surface area (Å²) in [7, 11) is -2.38. The number of carbonyl (C=O) groups excluding carboxylic acids is 2. The molecule has 0 heterocycles. The molecule has 168 valence electrons. The summed E-state index contributed by atoms with van der Waals surface area (Å²) in [6.07, 6.45) is -4.28. The molecule has 8 nitrogen and oxygen atoms in total. The molecule has 0 aromatic heterocycles. The van der Waals surface area contributed by atoms with Gasteiger partial charge in [-0.15, -0.1) is 0 Å². The quantitative estimate of drug-likeness (QED) is 0.505. The van der Waals surface area contributed by atoms with Gasteiger partial charge in [-0.2, -0.15) is 13.2 Å². The van der Waals surface area contributed by atoms with E-state index < -0.39 is 40.4 Å². The summed E-state index contributed by atoms with van der Waals surface area (Å²) < 4.78 is 81.2. The molecule has 2 N–H and O–H groups in total. The predicted octanol–water partition coefficient (Wildman–Crippen LogP) is 2.12. The molecule has 0 spiro atoms. The van der Waals surface area contributed by atoms with Gasteiger partial charge in [0.25, 0.3) is 5.91 Å². The van der Waals surface area contributed by atoms with Crippen molar-refractivity contribution >= 4 is 27.5 Å². The maximum atomic E-state index is 14.5. The number of alkyl halides is 3. The summed E-state index contributed by atoms with van der Waals surface area (Å²) in [5.41, 5.74) is 2.41. The minimum absolute atomic E-state index is 0.0999. The van der Waals surface area contributed by atoms with Crippen LogP contribution in [0.1, 0.15) is 15.9 Å². The van der Waals surface area contributed by atoms with E-state index in [1.807, 2.05) is 0 Å². The summed E-state index contributed by atoms with van der Waals surface area (Å²) in [5.74, 6) is -4.09. The Labute approximate surface area is 174 Å². The molecular weight excluding hydrogens is 446 g/mol. The fraction of sp³-hybridized carbons (Fsp3) is 0.222. The summed E-state index contributed by atoms with van der Waals surface area (Å²) >= 11 is 0. The molecule has 0 aliphatic rings. The first-order valence-electron chi connectivity index (χ1n) is 8.40. The predicted molar refractivity (Wildman–Crippen MR) is 102 cm³/mol. The van der Waals surface area contributed by atoms with Crippen LogP contribution in [0.15, 0.2) is 42.5 Å². The lowest BCUT2D eigenvalue weighted by Crippen LogP contribution is -2.47. The van der Waals surface area contributed by atoms with Gasteiger partial charge in [-0.1, -0.05) is 6.07 Å². The maximum Gasteiger partial charge on any atom is 0.472 e. The van der Waals surface area contributed by atoms with Crippen LogP contribution in [0.3, 0.4) is 0 Å². The molecule has 2 aromatic carbocycles. The normalized spacial score (nSPS) is 11.5. The third-order valence-corrected chi connectivity index (χ3v) is 5.08. The highest BCUT2D eigenvalue weighted by atomic mass is 32.2. The molecule has 2 aromatic rings. The van der Waals surface area contributed by atoms with E-state index in [-0.39, 0.29) is 16.8 Å². The molecule has 31 heavy (non-hydrogen) atoms. The van der Waals surface area contributed by atoms with Crippen LogP contribution in [0, 0.1) is 5.82 Å². The van der Waals surface area contributed by atoms with Crippen molar-refractivity contribution in [1.82, 2.24) is 10.9 Å². The second-order valence-electron chi connectivity index (χ2n) is 6.18. The van der Waals surface area contributed by atoms with Gasteiger partial charge in [-0.05, 0) is 36.4 Å². The molecule has 0 aliphatic carbocycles. The first-order chi connectivity index (χ1) is 14.3. The SMILES string of the molecule is COc1ccc(N(Cc2ccc(C(=O)NNC(=O)C(F)(F)F)cc2F)S(C)(=O)=O)cc1. The average Bonchev–Trinajstić information content (AvgIpc) is 2.69. The number of hydrazine groups is 1. The number of carbonyl (C=O) groups is 2. The largest absolute Gasteiger partial charge is 0.497 e. The molecular formula is C18H17F4N3O5S. The summed E-state index contributed by atoms with van der Waals surface area (Å²) in [6, 6.07) is 8.85. The van der Waals surface area contributed by atoms with Crippen LogP contribution in [-0.2, 0) is 21.4 Å². The highest BCUT2D eigenvalue weighted by Crippen LogP contribution is 2.24. The smallest absolute Gasteiger partial charge is 0.472 e.